The quantitative estimate of drug-likeness (QED) is 0.634. The predicted octanol–water partition coefficient (Wildman–Crippen LogP) is 3.12. The van der Waals surface area contributed by atoms with E-state index in [-0.39, 0.29) is 5.57 Å². The van der Waals surface area contributed by atoms with E-state index in [1.54, 1.807) is 48.5 Å². The number of nitrogens with zero attached hydrogens (tertiary/aromatic N) is 1. The number of amides is 4. The van der Waals surface area contributed by atoms with E-state index < -0.39 is 17.8 Å². The molecule has 0 spiro atoms. The van der Waals surface area contributed by atoms with Crippen LogP contribution in [-0.2, 0) is 9.59 Å². The van der Waals surface area contributed by atoms with Crippen LogP contribution in [-0.4, -0.2) is 25.0 Å². The van der Waals surface area contributed by atoms with Crippen LogP contribution in [0.2, 0.25) is 0 Å². The molecule has 25 heavy (non-hydrogen) atoms. The van der Waals surface area contributed by atoms with E-state index in [1.807, 2.05) is 0 Å². The van der Waals surface area contributed by atoms with Gasteiger partial charge in [0.05, 0.1) is 12.8 Å². The highest BCUT2D eigenvalue weighted by atomic mass is 79.9. The van der Waals surface area contributed by atoms with Gasteiger partial charge < -0.3 is 4.74 Å². The molecule has 1 heterocycles. The number of hydrogen-bond acceptors (Lipinski definition) is 4. The Bertz CT molecular complexity index is 873. The molecule has 1 fully saturated rings. The lowest BCUT2D eigenvalue weighted by Gasteiger charge is -2.26. The summed E-state index contributed by atoms with van der Waals surface area (Å²) in [4.78, 5) is 37.8. The molecule has 0 aliphatic carbocycles. The van der Waals surface area contributed by atoms with Gasteiger partial charge in [-0.3, -0.25) is 14.9 Å². The van der Waals surface area contributed by atoms with Crippen LogP contribution in [0.5, 0.6) is 5.75 Å². The molecule has 3 rings (SSSR count). The molecule has 0 bridgehead atoms. The molecule has 0 unspecified atom stereocenters. The summed E-state index contributed by atoms with van der Waals surface area (Å²) < 4.78 is 5.94. The Morgan fingerprint density at radius 3 is 2.24 bits per heavy atom. The van der Waals surface area contributed by atoms with E-state index in [0.717, 1.165) is 9.37 Å². The van der Waals surface area contributed by atoms with Crippen LogP contribution in [0.1, 0.15) is 5.56 Å². The summed E-state index contributed by atoms with van der Waals surface area (Å²) in [6.07, 6.45) is 1.45. The van der Waals surface area contributed by atoms with Gasteiger partial charge in [0.1, 0.15) is 11.3 Å². The first-order valence-electron chi connectivity index (χ1n) is 7.30. The van der Waals surface area contributed by atoms with Crippen molar-refractivity contribution < 1.29 is 19.1 Å². The van der Waals surface area contributed by atoms with Crippen LogP contribution < -0.4 is 15.0 Å². The first-order chi connectivity index (χ1) is 12.0. The highest BCUT2D eigenvalue weighted by Gasteiger charge is 2.36. The highest BCUT2D eigenvalue weighted by molar-refractivity contribution is 9.10. The monoisotopic (exact) mass is 400 g/mol. The van der Waals surface area contributed by atoms with Gasteiger partial charge in [-0.05, 0) is 48.0 Å². The molecule has 1 saturated heterocycles. The van der Waals surface area contributed by atoms with Crippen LogP contribution >= 0.6 is 15.9 Å². The summed E-state index contributed by atoms with van der Waals surface area (Å²) in [6, 6.07) is 12.7. The zero-order chi connectivity index (χ0) is 18.0. The fourth-order valence-electron chi connectivity index (χ4n) is 2.35. The van der Waals surface area contributed by atoms with Gasteiger partial charge in [-0.15, -0.1) is 0 Å². The van der Waals surface area contributed by atoms with Gasteiger partial charge in [-0.25, -0.2) is 9.69 Å². The van der Waals surface area contributed by atoms with E-state index in [0.29, 0.717) is 17.0 Å². The van der Waals surface area contributed by atoms with Crippen molar-refractivity contribution in [2.45, 2.75) is 0 Å². The topological polar surface area (TPSA) is 75.7 Å². The number of rotatable bonds is 3. The SMILES string of the molecule is COc1ccc(N2C(=O)NC(=O)/C(=C/c3ccc(Br)cc3)C2=O)cc1. The summed E-state index contributed by atoms with van der Waals surface area (Å²) in [5.41, 5.74) is 0.904. The summed E-state index contributed by atoms with van der Waals surface area (Å²) in [7, 11) is 1.52. The van der Waals surface area contributed by atoms with Gasteiger partial charge >= 0.3 is 6.03 Å². The van der Waals surface area contributed by atoms with E-state index in [2.05, 4.69) is 21.2 Å². The molecule has 7 heteroatoms. The molecule has 0 saturated carbocycles. The van der Waals surface area contributed by atoms with Gasteiger partial charge in [0, 0.05) is 4.47 Å². The van der Waals surface area contributed by atoms with Gasteiger partial charge in [-0.1, -0.05) is 28.1 Å². The Labute approximate surface area is 152 Å². The lowest BCUT2D eigenvalue weighted by molar-refractivity contribution is -0.122. The van der Waals surface area contributed by atoms with Crippen molar-refractivity contribution >= 4 is 45.5 Å². The van der Waals surface area contributed by atoms with Crippen molar-refractivity contribution in [2.75, 3.05) is 12.0 Å². The smallest absolute Gasteiger partial charge is 0.335 e. The van der Waals surface area contributed by atoms with Gasteiger partial charge in [0.2, 0.25) is 0 Å². The molecule has 0 aromatic heterocycles. The number of nitrogens with one attached hydrogen (secondary N) is 1. The fourth-order valence-corrected chi connectivity index (χ4v) is 2.61. The standard InChI is InChI=1S/C18H13BrN2O4/c1-25-14-8-6-13(7-9-14)21-17(23)15(16(22)20-18(21)24)10-11-2-4-12(19)5-3-11/h2-10H,1H3,(H,20,22,24)/b15-10-. The van der Waals surface area contributed by atoms with E-state index in [9.17, 15) is 14.4 Å². The molecule has 4 amide bonds. The molecular weight excluding hydrogens is 388 g/mol. The molecule has 1 N–H and O–H groups in total. The number of urea groups is 1. The van der Waals surface area contributed by atoms with Crippen molar-refractivity contribution in [3.8, 4) is 5.75 Å². The summed E-state index contributed by atoms with van der Waals surface area (Å²) in [6.45, 7) is 0. The van der Waals surface area contributed by atoms with Crippen LogP contribution in [0.15, 0.2) is 58.6 Å². The largest absolute Gasteiger partial charge is 0.497 e. The maximum absolute atomic E-state index is 12.7. The maximum atomic E-state index is 12.7. The fraction of sp³-hybridized carbons (Fsp3) is 0.0556. The predicted molar refractivity (Wildman–Crippen MR) is 96.1 cm³/mol. The first-order valence-corrected chi connectivity index (χ1v) is 8.10. The zero-order valence-corrected chi connectivity index (χ0v) is 14.7. The van der Waals surface area contributed by atoms with E-state index in [4.69, 9.17) is 4.74 Å². The number of carbonyl (C=O) groups excluding carboxylic acids is 3. The molecule has 1 aliphatic rings. The summed E-state index contributed by atoms with van der Waals surface area (Å²) in [5.74, 6) is -0.806. The Morgan fingerprint density at radius 2 is 1.64 bits per heavy atom. The summed E-state index contributed by atoms with van der Waals surface area (Å²) in [5, 5.41) is 2.19. The lowest BCUT2D eigenvalue weighted by Crippen LogP contribution is -2.54. The van der Waals surface area contributed by atoms with Gasteiger partial charge in [-0.2, -0.15) is 0 Å². The van der Waals surface area contributed by atoms with Crippen molar-refractivity contribution in [3.05, 3.63) is 64.1 Å². The average Bonchev–Trinajstić information content (AvgIpc) is 2.60. The number of anilines is 1. The molecule has 1 aliphatic heterocycles. The minimum atomic E-state index is -0.784. The minimum Gasteiger partial charge on any atom is -0.497 e. The molecule has 126 valence electrons. The van der Waals surface area contributed by atoms with Gasteiger partial charge in [0.25, 0.3) is 11.8 Å². The van der Waals surface area contributed by atoms with Crippen LogP contribution in [0.4, 0.5) is 10.5 Å². The van der Waals surface area contributed by atoms with Gasteiger partial charge in [0.15, 0.2) is 0 Å². The molecule has 6 nitrogen and oxygen atoms in total. The Hall–Kier alpha value is -2.93. The zero-order valence-electron chi connectivity index (χ0n) is 13.2. The number of methoxy groups -OCH3 is 1. The third kappa shape index (κ3) is 3.46. The number of benzene rings is 2. The number of carbonyl (C=O) groups is 3. The second-order valence-electron chi connectivity index (χ2n) is 5.21. The summed E-state index contributed by atoms with van der Waals surface area (Å²) >= 11 is 3.32. The second kappa shape index (κ2) is 6.90. The number of barbiturate groups is 1. The van der Waals surface area contributed by atoms with Crippen molar-refractivity contribution in [3.63, 3.8) is 0 Å². The van der Waals surface area contributed by atoms with E-state index in [1.165, 1.54) is 13.2 Å². The molecule has 2 aromatic rings. The lowest BCUT2D eigenvalue weighted by atomic mass is 10.1. The van der Waals surface area contributed by atoms with Crippen LogP contribution in [0, 0.1) is 0 Å². The normalized spacial score (nSPS) is 16.2. The molecule has 0 radical (unpaired) electrons. The Kier molecular flexibility index (Phi) is 4.67. The van der Waals surface area contributed by atoms with Crippen molar-refractivity contribution in [1.82, 2.24) is 5.32 Å². The Morgan fingerprint density at radius 1 is 1.00 bits per heavy atom. The van der Waals surface area contributed by atoms with Crippen molar-refractivity contribution in [1.29, 1.82) is 0 Å². The number of halogens is 1. The van der Waals surface area contributed by atoms with Crippen LogP contribution in [0.25, 0.3) is 6.08 Å². The third-order valence-electron chi connectivity index (χ3n) is 3.61. The highest BCUT2D eigenvalue weighted by Crippen LogP contribution is 2.24. The molecule has 2 aromatic carbocycles. The maximum Gasteiger partial charge on any atom is 0.335 e. The average molecular weight is 401 g/mol. The number of hydrogen-bond donors (Lipinski definition) is 1. The molecule has 0 atom stereocenters. The third-order valence-corrected chi connectivity index (χ3v) is 4.14. The number of ether oxygens (including phenoxy) is 1. The Balaban J connectivity index is 1.97. The second-order valence-corrected chi connectivity index (χ2v) is 6.12. The molecular formula is C18H13BrN2O4. The first kappa shape index (κ1) is 16.9. The minimum absolute atomic E-state index is 0.113. The number of imide groups is 2. The van der Waals surface area contributed by atoms with Crippen molar-refractivity contribution in [2.24, 2.45) is 0 Å². The van der Waals surface area contributed by atoms with E-state index >= 15 is 0 Å². The van der Waals surface area contributed by atoms with Crippen LogP contribution in [0.3, 0.4) is 0 Å².